The molecule has 0 spiro atoms. The molecule has 1 aliphatic carbocycles. The van der Waals surface area contributed by atoms with Gasteiger partial charge in [0, 0.05) is 24.3 Å². The summed E-state index contributed by atoms with van der Waals surface area (Å²) in [5.74, 6) is 3.19. The van der Waals surface area contributed by atoms with E-state index in [1.807, 2.05) is 6.20 Å². The van der Waals surface area contributed by atoms with E-state index in [9.17, 15) is 0 Å². The largest absolute Gasteiger partial charge is 0.367 e. The lowest BCUT2D eigenvalue weighted by molar-refractivity contribution is 0.253. The van der Waals surface area contributed by atoms with E-state index in [4.69, 9.17) is 0 Å². The molecule has 0 aliphatic heterocycles. The van der Waals surface area contributed by atoms with E-state index in [-0.39, 0.29) is 0 Å². The van der Waals surface area contributed by atoms with Crippen LogP contribution in [0.15, 0.2) is 6.20 Å². The molecule has 2 N–H and O–H groups in total. The van der Waals surface area contributed by atoms with Gasteiger partial charge in [-0.1, -0.05) is 26.7 Å². The number of rotatable bonds is 5. The SMILES string of the molecule is CCNc1ncc(C)c(NC2CCCCC2C(C)C)n1. The minimum atomic E-state index is 0.548. The highest BCUT2D eigenvalue weighted by molar-refractivity contribution is 5.47. The van der Waals surface area contributed by atoms with Gasteiger partial charge in [-0.05, 0) is 38.5 Å². The molecule has 0 radical (unpaired) electrons. The lowest BCUT2D eigenvalue weighted by atomic mass is 9.78. The minimum Gasteiger partial charge on any atom is -0.367 e. The quantitative estimate of drug-likeness (QED) is 0.858. The van der Waals surface area contributed by atoms with Gasteiger partial charge in [-0.15, -0.1) is 0 Å². The van der Waals surface area contributed by atoms with E-state index in [1.165, 1.54) is 25.7 Å². The van der Waals surface area contributed by atoms with Crippen molar-refractivity contribution in [3.8, 4) is 0 Å². The topological polar surface area (TPSA) is 49.8 Å². The van der Waals surface area contributed by atoms with Crippen molar-refractivity contribution in [3.63, 3.8) is 0 Å². The van der Waals surface area contributed by atoms with E-state index >= 15 is 0 Å². The maximum Gasteiger partial charge on any atom is 0.224 e. The van der Waals surface area contributed by atoms with Gasteiger partial charge < -0.3 is 10.6 Å². The van der Waals surface area contributed by atoms with E-state index in [1.54, 1.807) is 0 Å². The van der Waals surface area contributed by atoms with Crippen LogP contribution in [0.4, 0.5) is 11.8 Å². The number of nitrogens with zero attached hydrogens (tertiary/aromatic N) is 2. The monoisotopic (exact) mass is 276 g/mol. The zero-order valence-corrected chi connectivity index (χ0v) is 13.2. The highest BCUT2D eigenvalue weighted by Gasteiger charge is 2.28. The summed E-state index contributed by atoms with van der Waals surface area (Å²) in [5, 5.41) is 6.87. The van der Waals surface area contributed by atoms with E-state index in [0.29, 0.717) is 6.04 Å². The summed E-state index contributed by atoms with van der Waals surface area (Å²) in [7, 11) is 0. The Morgan fingerprint density at radius 3 is 2.75 bits per heavy atom. The molecule has 2 rings (SSSR count). The van der Waals surface area contributed by atoms with Crippen LogP contribution in [0.3, 0.4) is 0 Å². The fourth-order valence-electron chi connectivity index (χ4n) is 3.14. The predicted molar refractivity (Wildman–Crippen MR) is 85.1 cm³/mol. The first kappa shape index (κ1) is 15.1. The molecule has 1 aromatic heterocycles. The maximum atomic E-state index is 4.62. The van der Waals surface area contributed by atoms with Crippen LogP contribution in [0.25, 0.3) is 0 Å². The summed E-state index contributed by atoms with van der Waals surface area (Å²) in [6.07, 6.45) is 7.18. The van der Waals surface area contributed by atoms with Gasteiger partial charge in [0.1, 0.15) is 5.82 Å². The lowest BCUT2D eigenvalue weighted by Gasteiger charge is -2.35. The highest BCUT2D eigenvalue weighted by atomic mass is 15.1. The van der Waals surface area contributed by atoms with E-state index < -0.39 is 0 Å². The Morgan fingerprint density at radius 2 is 2.05 bits per heavy atom. The van der Waals surface area contributed by atoms with Gasteiger partial charge in [0.2, 0.25) is 5.95 Å². The van der Waals surface area contributed by atoms with Crippen LogP contribution in [0.1, 0.15) is 52.0 Å². The van der Waals surface area contributed by atoms with Crippen molar-refractivity contribution in [1.29, 1.82) is 0 Å². The molecule has 1 aromatic rings. The van der Waals surface area contributed by atoms with Crippen LogP contribution in [0.2, 0.25) is 0 Å². The van der Waals surface area contributed by atoms with Gasteiger partial charge in [0.15, 0.2) is 0 Å². The Bertz CT molecular complexity index is 430. The third kappa shape index (κ3) is 3.62. The number of anilines is 2. The first-order valence-electron chi connectivity index (χ1n) is 7.95. The number of nitrogens with one attached hydrogen (secondary N) is 2. The molecular weight excluding hydrogens is 248 g/mol. The first-order valence-corrected chi connectivity index (χ1v) is 7.95. The molecule has 20 heavy (non-hydrogen) atoms. The molecule has 1 fully saturated rings. The molecule has 2 unspecified atom stereocenters. The number of hydrogen-bond donors (Lipinski definition) is 2. The van der Waals surface area contributed by atoms with Crippen molar-refractivity contribution >= 4 is 11.8 Å². The Labute approximate surface area is 122 Å². The third-order valence-electron chi connectivity index (χ3n) is 4.30. The van der Waals surface area contributed by atoms with Crippen LogP contribution in [-0.4, -0.2) is 22.6 Å². The van der Waals surface area contributed by atoms with Gasteiger partial charge in [-0.3, -0.25) is 0 Å². The second-order valence-corrected chi connectivity index (χ2v) is 6.20. The summed E-state index contributed by atoms with van der Waals surface area (Å²) in [5.41, 5.74) is 1.12. The number of hydrogen-bond acceptors (Lipinski definition) is 4. The molecule has 1 saturated carbocycles. The zero-order valence-electron chi connectivity index (χ0n) is 13.2. The van der Waals surface area contributed by atoms with Gasteiger partial charge in [0.05, 0.1) is 0 Å². The second kappa shape index (κ2) is 6.91. The number of aromatic nitrogens is 2. The summed E-state index contributed by atoms with van der Waals surface area (Å²) in [6, 6.07) is 0.548. The fourth-order valence-corrected chi connectivity index (χ4v) is 3.14. The maximum absolute atomic E-state index is 4.62. The minimum absolute atomic E-state index is 0.548. The van der Waals surface area contributed by atoms with Crippen molar-refractivity contribution < 1.29 is 0 Å². The van der Waals surface area contributed by atoms with Crippen molar-refractivity contribution in [1.82, 2.24) is 9.97 Å². The molecule has 112 valence electrons. The summed E-state index contributed by atoms with van der Waals surface area (Å²) >= 11 is 0. The smallest absolute Gasteiger partial charge is 0.224 e. The summed E-state index contributed by atoms with van der Waals surface area (Å²) < 4.78 is 0. The Kier molecular flexibility index (Phi) is 5.21. The van der Waals surface area contributed by atoms with Crippen molar-refractivity contribution in [3.05, 3.63) is 11.8 Å². The molecule has 2 atom stereocenters. The molecular formula is C16H28N4. The zero-order chi connectivity index (χ0) is 14.5. The Balaban J connectivity index is 2.12. The highest BCUT2D eigenvalue weighted by Crippen LogP contribution is 2.32. The van der Waals surface area contributed by atoms with Crippen molar-refractivity contribution in [2.75, 3.05) is 17.2 Å². The van der Waals surface area contributed by atoms with Gasteiger partial charge in [-0.25, -0.2) is 4.98 Å². The first-order chi connectivity index (χ1) is 9.61. The predicted octanol–water partition coefficient (Wildman–Crippen LogP) is 3.84. The second-order valence-electron chi connectivity index (χ2n) is 6.20. The fraction of sp³-hybridized carbons (Fsp3) is 0.750. The van der Waals surface area contributed by atoms with E-state index in [2.05, 4.69) is 48.3 Å². The van der Waals surface area contributed by atoms with Crippen LogP contribution < -0.4 is 10.6 Å². The molecule has 0 amide bonds. The molecule has 0 saturated heterocycles. The van der Waals surface area contributed by atoms with Crippen LogP contribution in [0, 0.1) is 18.8 Å². The van der Waals surface area contributed by atoms with Crippen LogP contribution in [-0.2, 0) is 0 Å². The van der Waals surface area contributed by atoms with Gasteiger partial charge in [-0.2, -0.15) is 4.98 Å². The summed E-state index contributed by atoms with van der Waals surface area (Å²) in [4.78, 5) is 8.93. The molecule has 0 bridgehead atoms. The average molecular weight is 276 g/mol. The molecule has 1 heterocycles. The standard InChI is InChI=1S/C16H28N4/c1-5-17-16-18-10-12(4)15(20-16)19-14-9-7-6-8-13(14)11(2)3/h10-11,13-14H,5-9H2,1-4H3,(H2,17,18,19,20). The van der Waals surface area contributed by atoms with Crippen molar-refractivity contribution in [2.24, 2.45) is 11.8 Å². The molecule has 0 aromatic carbocycles. The molecule has 4 nitrogen and oxygen atoms in total. The summed E-state index contributed by atoms with van der Waals surface area (Å²) in [6.45, 7) is 9.65. The Morgan fingerprint density at radius 1 is 1.30 bits per heavy atom. The third-order valence-corrected chi connectivity index (χ3v) is 4.30. The Hall–Kier alpha value is -1.32. The van der Waals surface area contributed by atoms with Gasteiger partial charge in [0.25, 0.3) is 0 Å². The van der Waals surface area contributed by atoms with Crippen LogP contribution >= 0.6 is 0 Å². The average Bonchev–Trinajstić information content (AvgIpc) is 2.43. The van der Waals surface area contributed by atoms with Crippen molar-refractivity contribution in [2.45, 2.75) is 59.4 Å². The number of aryl methyl sites for hydroxylation is 1. The normalized spacial score (nSPS) is 22.9. The lowest BCUT2D eigenvalue weighted by Crippen LogP contribution is -2.35. The van der Waals surface area contributed by atoms with E-state index in [0.717, 1.165) is 35.7 Å². The van der Waals surface area contributed by atoms with Gasteiger partial charge >= 0.3 is 0 Å². The molecule has 4 heteroatoms. The molecule has 1 aliphatic rings. The van der Waals surface area contributed by atoms with Crippen LogP contribution in [0.5, 0.6) is 0 Å².